The van der Waals surface area contributed by atoms with Crippen molar-refractivity contribution in [1.29, 1.82) is 0 Å². The number of guanidine groups is 1. The van der Waals surface area contributed by atoms with Crippen LogP contribution in [0.1, 0.15) is 55.4 Å². The van der Waals surface area contributed by atoms with E-state index in [2.05, 4.69) is 39.8 Å². The van der Waals surface area contributed by atoms with E-state index in [-0.39, 0.29) is 30.1 Å². The van der Waals surface area contributed by atoms with Gasteiger partial charge in [-0.25, -0.2) is 4.99 Å². The molecule has 2 fully saturated rings. The maximum Gasteiger partial charge on any atom is 0.191 e. The number of aliphatic hydroxyl groups is 1. The summed E-state index contributed by atoms with van der Waals surface area (Å²) in [4.78, 5) is 7.28. The molecule has 32 heavy (non-hydrogen) atoms. The van der Waals surface area contributed by atoms with Crippen LogP contribution in [0, 0.1) is 0 Å². The van der Waals surface area contributed by atoms with Gasteiger partial charge >= 0.3 is 0 Å². The van der Waals surface area contributed by atoms with Crippen molar-refractivity contribution in [2.45, 2.75) is 70.2 Å². The largest absolute Gasteiger partial charge is 0.469 e. The van der Waals surface area contributed by atoms with Crippen LogP contribution in [0.5, 0.6) is 0 Å². The van der Waals surface area contributed by atoms with Gasteiger partial charge in [0.15, 0.2) is 5.96 Å². The number of nitrogens with one attached hydrogen (secondary N) is 2. The van der Waals surface area contributed by atoms with Gasteiger partial charge in [0.25, 0.3) is 0 Å². The summed E-state index contributed by atoms with van der Waals surface area (Å²) in [7, 11) is 0. The third-order valence-electron chi connectivity index (χ3n) is 6.36. The molecule has 0 amide bonds. The predicted octanol–water partition coefficient (Wildman–Crippen LogP) is 4.07. The van der Waals surface area contributed by atoms with E-state index in [1.165, 1.54) is 43.2 Å². The molecule has 1 aromatic carbocycles. The number of likely N-dealkylation sites (tertiary alicyclic amines) is 1. The number of furan rings is 1. The third-order valence-corrected chi connectivity index (χ3v) is 6.36. The lowest BCUT2D eigenvalue weighted by atomic mass is 9.96. The normalized spacial score (nSPS) is 20.2. The zero-order valence-electron chi connectivity index (χ0n) is 18.8. The van der Waals surface area contributed by atoms with Gasteiger partial charge in [-0.3, -0.25) is 4.90 Å². The maximum absolute atomic E-state index is 9.84. The van der Waals surface area contributed by atoms with Gasteiger partial charge in [0, 0.05) is 38.6 Å². The van der Waals surface area contributed by atoms with Crippen molar-refractivity contribution in [2.24, 2.45) is 4.99 Å². The predicted molar refractivity (Wildman–Crippen MR) is 139 cm³/mol. The molecule has 7 heteroatoms. The Labute approximate surface area is 208 Å². The van der Waals surface area contributed by atoms with Crippen molar-refractivity contribution < 1.29 is 9.52 Å². The molecule has 3 N–H and O–H groups in total. The average Bonchev–Trinajstić information content (AvgIpc) is 3.45. The summed E-state index contributed by atoms with van der Waals surface area (Å²) in [6, 6.07) is 13.0. The van der Waals surface area contributed by atoms with Gasteiger partial charge in [0.05, 0.1) is 18.9 Å². The first-order chi connectivity index (χ1) is 15.3. The standard InChI is InChI=1S/C25H36N4O2.HI/c30-23-13-15-29(19-23)18-21-8-5-4-7-20(21)17-27-25(28-22-9-2-1-3-10-22)26-14-12-24-11-6-16-31-24;/h4-8,11,16,22-23,30H,1-3,9-10,12-15,17-19H2,(H2,26,27,28);1H. The fourth-order valence-corrected chi connectivity index (χ4v) is 4.58. The number of aliphatic imine (C=N–C) groups is 1. The third kappa shape index (κ3) is 7.78. The number of hydrogen-bond donors (Lipinski definition) is 3. The second-order valence-corrected chi connectivity index (χ2v) is 8.85. The highest BCUT2D eigenvalue weighted by atomic mass is 127. The lowest BCUT2D eigenvalue weighted by Gasteiger charge is -2.25. The molecule has 0 bridgehead atoms. The summed E-state index contributed by atoms with van der Waals surface area (Å²) in [6.45, 7) is 4.04. The molecule has 1 saturated heterocycles. The molecule has 2 aliphatic rings. The number of rotatable bonds is 8. The van der Waals surface area contributed by atoms with E-state index in [4.69, 9.17) is 9.41 Å². The molecule has 1 aliphatic carbocycles. The molecule has 1 saturated carbocycles. The van der Waals surface area contributed by atoms with Crippen LogP contribution >= 0.6 is 24.0 Å². The first-order valence-corrected chi connectivity index (χ1v) is 11.8. The van der Waals surface area contributed by atoms with Crippen LogP contribution in [0.4, 0.5) is 0 Å². The Balaban J connectivity index is 0.00000289. The van der Waals surface area contributed by atoms with Gasteiger partial charge in [-0.15, -0.1) is 24.0 Å². The zero-order valence-corrected chi connectivity index (χ0v) is 21.2. The number of halogens is 1. The molecule has 6 nitrogen and oxygen atoms in total. The molecule has 2 heterocycles. The highest BCUT2D eigenvalue weighted by Gasteiger charge is 2.21. The number of benzene rings is 1. The number of hydrogen-bond acceptors (Lipinski definition) is 4. The fraction of sp³-hybridized carbons (Fsp3) is 0.560. The zero-order chi connectivity index (χ0) is 21.3. The summed E-state index contributed by atoms with van der Waals surface area (Å²) in [5.74, 6) is 1.88. The lowest BCUT2D eigenvalue weighted by Crippen LogP contribution is -2.44. The monoisotopic (exact) mass is 552 g/mol. The van der Waals surface area contributed by atoms with Gasteiger partial charge in [0.2, 0.25) is 0 Å². The van der Waals surface area contributed by atoms with Gasteiger partial charge in [-0.1, -0.05) is 43.5 Å². The lowest BCUT2D eigenvalue weighted by molar-refractivity contribution is 0.174. The molecule has 176 valence electrons. The first kappa shape index (κ1) is 25.1. The van der Waals surface area contributed by atoms with Crippen molar-refractivity contribution in [2.75, 3.05) is 19.6 Å². The van der Waals surface area contributed by atoms with Crippen LogP contribution in [-0.4, -0.2) is 47.7 Å². The SMILES string of the molecule is I.OC1CCN(Cc2ccccc2CN=C(NCCc2ccco2)NC2CCCCC2)C1. The van der Waals surface area contributed by atoms with Crippen LogP contribution < -0.4 is 10.6 Å². The van der Waals surface area contributed by atoms with Crippen molar-refractivity contribution >= 4 is 29.9 Å². The van der Waals surface area contributed by atoms with E-state index >= 15 is 0 Å². The molecule has 1 atom stereocenters. The van der Waals surface area contributed by atoms with Crippen molar-refractivity contribution in [1.82, 2.24) is 15.5 Å². The summed E-state index contributed by atoms with van der Waals surface area (Å²) in [5, 5.41) is 17.0. The number of β-amino-alcohol motifs (C(OH)–C–C–N with tert-alkyl or cyclic N) is 1. The van der Waals surface area contributed by atoms with Crippen LogP contribution in [0.15, 0.2) is 52.1 Å². The Morgan fingerprint density at radius 2 is 1.88 bits per heavy atom. The summed E-state index contributed by atoms with van der Waals surface area (Å²) in [5.41, 5.74) is 2.55. The molecular weight excluding hydrogens is 515 g/mol. The Morgan fingerprint density at radius 1 is 1.06 bits per heavy atom. The van der Waals surface area contributed by atoms with Gasteiger partial charge in [0.1, 0.15) is 5.76 Å². The molecule has 1 unspecified atom stereocenters. The molecule has 1 aromatic heterocycles. The molecular formula is C25H37IN4O2. The van der Waals surface area contributed by atoms with E-state index in [1.54, 1.807) is 6.26 Å². The minimum atomic E-state index is -0.185. The molecule has 2 aromatic rings. The second-order valence-electron chi connectivity index (χ2n) is 8.85. The summed E-state index contributed by atoms with van der Waals surface area (Å²) < 4.78 is 5.46. The molecule has 0 spiro atoms. The van der Waals surface area contributed by atoms with Crippen molar-refractivity contribution in [3.05, 3.63) is 59.5 Å². The number of aliphatic hydroxyl groups excluding tert-OH is 1. The van der Waals surface area contributed by atoms with E-state index in [0.717, 1.165) is 50.7 Å². The van der Waals surface area contributed by atoms with Crippen LogP contribution in [0.3, 0.4) is 0 Å². The maximum atomic E-state index is 9.84. The van der Waals surface area contributed by atoms with E-state index in [0.29, 0.717) is 12.6 Å². The minimum Gasteiger partial charge on any atom is -0.469 e. The highest BCUT2D eigenvalue weighted by molar-refractivity contribution is 14.0. The summed E-state index contributed by atoms with van der Waals surface area (Å²) >= 11 is 0. The molecule has 0 radical (unpaired) electrons. The Morgan fingerprint density at radius 3 is 2.59 bits per heavy atom. The van der Waals surface area contributed by atoms with Crippen LogP contribution in [0.25, 0.3) is 0 Å². The van der Waals surface area contributed by atoms with Crippen molar-refractivity contribution in [3.8, 4) is 0 Å². The van der Waals surface area contributed by atoms with E-state index < -0.39 is 0 Å². The van der Waals surface area contributed by atoms with Gasteiger partial charge < -0.3 is 20.2 Å². The van der Waals surface area contributed by atoms with E-state index in [1.807, 2.05) is 12.1 Å². The fourth-order valence-electron chi connectivity index (χ4n) is 4.58. The minimum absolute atomic E-state index is 0. The van der Waals surface area contributed by atoms with Crippen LogP contribution in [-0.2, 0) is 19.5 Å². The summed E-state index contributed by atoms with van der Waals surface area (Å²) in [6.07, 6.45) is 9.61. The van der Waals surface area contributed by atoms with E-state index in [9.17, 15) is 5.11 Å². The molecule has 4 rings (SSSR count). The van der Waals surface area contributed by atoms with Crippen molar-refractivity contribution in [3.63, 3.8) is 0 Å². The topological polar surface area (TPSA) is 73.0 Å². The Kier molecular flexibility index (Phi) is 10.3. The van der Waals surface area contributed by atoms with Gasteiger partial charge in [-0.05, 0) is 42.5 Å². The Bertz CT molecular complexity index is 821. The average molecular weight is 553 g/mol. The molecule has 1 aliphatic heterocycles. The highest BCUT2D eigenvalue weighted by Crippen LogP contribution is 2.19. The smallest absolute Gasteiger partial charge is 0.191 e. The number of nitrogens with zero attached hydrogens (tertiary/aromatic N) is 2. The second kappa shape index (κ2) is 13.2. The first-order valence-electron chi connectivity index (χ1n) is 11.8. The Hall–Kier alpha value is -1.58. The quantitative estimate of drug-likeness (QED) is 0.262. The van der Waals surface area contributed by atoms with Crippen LogP contribution in [0.2, 0.25) is 0 Å². The van der Waals surface area contributed by atoms with Gasteiger partial charge in [-0.2, -0.15) is 0 Å².